The van der Waals surface area contributed by atoms with Crippen molar-refractivity contribution >= 4 is 23.6 Å². The summed E-state index contributed by atoms with van der Waals surface area (Å²) in [5.41, 5.74) is 3.09. The van der Waals surface area contributed by atoms with Gasteiger partial charge in [-0.3, -0.25) is 4.79 Å². The van der Waals surface area contributed by atoms with Crippen molar-refractivity contribution in [3.63, 3.8) is 0 Å². The van der Waals surface area contributed by atoms with E-state index in [2.05, 4.69) is 16.3 Å². The maximum absolute atomic E-state index is 12.2. The van der Waals surface area contributed by atoms with Gasteiger partial charge < -0.3 is 19.7 Å². The van der Waals surface area contributed by atoms with E-state index >= 15 is 0 Å². The number of rotatable bonds is 6. The second-order valence-corrected chi connectivity index (χ2v) is 6.99. The normalized spacial score (nSPS) is 13.2. The lowest BCUT2D eigenvalue weighted by molar-refractivity contribution is -0.116. The van der Waals surface area contributed by atoms with E-state index in [-0.39, 0.29) is 5.91 Å². The summed E-state index contributed by atoms with van der Waals surface area (Å²) in [7, 11) is 4.05. The number of nitrogens with one attached hydrogen (secondary N) is 1. The zero-order valence-electron chi connectivity index (χ0n) is 15.5. The Bertz CT molecular complexity index is 849. The molecule has 2 aromatic rings. The number of halogens is 1. The van der Waals surface area contributed by atoms with Gasteiger partial charge in [0.05, 0.1) is 5.02 Å². The molecule has 3 rings (SSSR count). The molecule has 0 spiro atoms. The zero-order valence-corrected chi connectivity index (χ0v) is 16.3. The van der Waals surface area contributed by atoms with Crippen molar-refractivity contribution < 1.29 is 14.3 Å². The van der Waals surface area contributed by atoms with Crippen LogP contribution in [0.3, 0.4) is 0 Å². The van der Waals surface area contributed by atoms with E-state index in [1.165, 1.54) is 11.6 Å². The average molecular weight is 387 g/mol. The van der Waals surface area contributed by atoms with Gasteiger partial charge in [-0.25, -0.2) is 0 Å². The number of ether oxygens (including phenoxy) is 2. The Morgan fingerprint density at radius 2 is 1.93 bits per heavy atom. The van der Waals surface area contributed by atoms with Crippen molar-refractivity contribution in [2.75, 3.05) is 27.3 Å². The Hall–Kier alpha value is -2.50. The molecule has 6 heteroatoms. The Labute approximate surface area is 164 Å². The van der Waals surface area contributed by atoms with Gasteiger partial charge in [0, 0.05) is 19.2 Å². The molecule has 1 heterocycles. The molecule has 0 fully saturated rings. The van der Waals surface area contributed by atoms with Gasteiger partial charge in [-0.2, -0.15) is 0 Å². The molecular weight excluding hydrogens is 364 g/mol. The number of hydrogen-bond acceptors (Lipinski definition) is 4. The summed E-state index contributed by atoms with van der Waals surface area (Å²) in [5.74, 6) is 0.995. The van der Waals surface area contributed by atoms with Crippen LogP contribution in [0, 0.1) is 0 Å². The van der Waals surface area contributed by atoms with Gasteiger partial charge >= 0.3 is 0 Å². The summed E-state index contributed by atoms with van der Waals surface area (Å²) in [6.07, 6.45) is 3.21. The van der Waals surface area contributed by atoms with Crippen LogP contribution in [0.25, 0.3) is 6.08 Å². The summed E-state index contributed by atoms with van der Waals surface area (Å²) >= 11 is 6.22. The first kappa shape index (κ1) is 19.3. The third-order valence-electron chi connectivity index (χ3n) is 4.10. The smallest absolute Gasteiger partial charge is 0.244 e. The van der Waals surface area contributed by atoms with Gasteiger partial charge in [0.25, 0.3) is 0 Å². The second kappa shape index (κ2) is 8.93. The molecular formula is C21H23ClN2O3. The number of nitrogens with zero attached hydrogens (tertiary/aromatic N) is 1. The molecule has 1 amide bonds. The summed E-state index contributed by atoms with van der Waals surface area (Å²) < 4.78 is 11.1. The van der Waals surface area contributed by atoms with Crippen molar-refractivity contribution in [2.45, 2.75) is 13.1 Å². The van der Waals surface area contributed by atoms with Gasteiger partial charge in [-0.05, 0) is 49.0 Å². The van der Waals surface area contributed by atoms with E-state index in [1.54, 1.807) is 12.1 Å². The number of carbonyl (C=O) groups is 1. The van der Waals surface area contributed by atoms with Crippen LogP contribution >= 0.6 is 11.6 Å². The van der Waals surface area contributed by atoms with Gasteiger partial charge in [-0.1, -0.05) is 35.9 Å². The molecule has 27 heavy (non-hydrogen) atoms. The molecule has 0 bridgehead atoms. The number of amides is 1. The Balaban J connectivity index is 1.62. The molecule has 0 saturated carbocycles. The minimum Gasteiger partial charge on any atom is -0.486 e. The molecule has 142 valence electrons. The van der Waals surface area contributed by atoms with Crippen molar-refractivity contribution in [3.8, 4) is 11.5 Å². The van der Waals surface area contributed by atoms with E-state index in [0.29, 0.717) is 36.3 Å². The maximum atomic E-state index is 12.2. The molecule has 0 saturated heterocycles. The van der Waals surface area contributed by atoms with E-state index in [1.807, 2.05) is 38.4 Å². The zero-order chi connectivity index (χ0) is 19.2. The quantitative estimate of drug-likeness (QED) is 0.772. The second-order valence-electron chi connectivity index (χ2n) is 6.58. The monoisotopic (exact) mass is 386 g/mol. The van der Waals surface area contributed by atoms with E-state index in [9.17, 15) is 4.79 Å². The fourth-order valence-corrected chi connectivity index (χ4v) is 3.14. The van der Waals surface area contributed by atoms with E-state index in [4.69, 9.17) is 21.1 Å². The van der Waals surface area contributed by atoms with Crippen molar-refractivity contribution in [1.82, 2.24) is 10.2 Å². The molecule has 1 aliphatic rings. The van der Waals surface area contributed by atoms with Crippen LogP contribution in [0.1, 0.15) is 16.7 Å². The predicted molar refractivity (Wildman–Crippen MR) is 107 cm³/mol. The third-order valence-corrected chi connectivity index (χ3v) is 4.39. The lowest BCUT2D eigenvalue weighted by atomic mass is 10.1. The van der Waals surface area contributed by atoms with Crippen LogP contribution in [-0.2, 0) is 17.9 Å². The molecule has 5 nitrogen and oxygen atoms in total. The third kappa shape index (κ3) is 5.25. The molecule has 0 atom stereocenters. The predicted octanol–water partition coefficient (Wildman–Crippen LogP) is 3.50. The van der Waals surface area contributed by atoms with Crippen LogP contribution in [0.2, 0.25) is 5.02 Å². The largest absolute Gasteiger partial charge is 0.486 e. The maximum Gasteiger partial charge on any atom is 0.244 e. The molecule has 0 aromatic heterocycles. The van der Waals surface area contributed by atoms with Crippen molar-refractivity contribution in [3.05, 3.63) is 64.2 Å². The molecule has 2 aromatic carbocycles. The molecule has 0 aliphatic carbocycles. The highest BCUT2D eigenvalue weighted by Gasteiger charge is 2.16. The average Bonchev–Trinajstić information content (AvgIpc) is 2.65. The minimum atomic E-state index is -0.166. The first-order valence-corrected chi connectivity index (χ1v) is 9.17. The van der Waals surface area contributed by atoms with Crippen molar-refractivity contribution in [2.24, 2.45) is 0 Å². The Morgan fingerprint density at radius 1 is 1.19 bits per heavy atom. The van der Waals surface area contributed by atoms with Crippen LogP contribution in [0.5, 0.6) is 11.5 Å². The van der Waals surface area contributed by atoms with Crippen LogP contribution < -0.4 is 14.8 Å². The standard InChI is InChI=1S/C21H23ClN2O3/c1-24(2)14-17-6-4-3-5-16(17)13-23-20(25)8-7-15-11-18(22)21-19(12-15)26-9-10-27-21/h3-8,11-12H,9-10,13-14H2,1-2H3,(H,23,25)/b8-7+. The highest BCUT2D eigenvalue weighted by Crippen LogP contribution is 2.38. The van der Waals surface area contributed by atoms with Crippen molar-refractivity contribution in [1.29, 1.82) is 0 Å². The van der Waals surface area contributed by atoms with E-state index in [0.717, 1.165) is 17.7 Å². The highest BCUT2D eigenvalue weighted by molar-refractivity contribution is 6.32. The number of carbonyl (C=O) groups excluding carboxylic acids is 1. The SMILES string of the molecule is CN(C)Cc1ccccc1CNC(=O)/C=C/c1cc(Cl)c2c(c1)OCCO2. The van der Waals surface area contributed by atoms with Crippen LogP contribution in [-0.4, -0.2) is 38.1 Å². The van der Waals surface area contributed by atoms with Crippen LogP contribution in [0.4, 0.5) is 0 Å². The minimum absolute atomic E-state index is 0.166. The Morgan fingerprint density at radius 3 is 2.70 bits per heavy atom. The summed E-state index contributed by atoms with van der Waals surface area (Å²) in [6.45, 7) is 2.29. The Kier molecular flexibility index (Phi) is 6.37. The first-order chi connectivity index (χ1) is 13.0. The molecule has 1 aliphatic heterocycles. The fraction of sp³-hybridized carbons (Fsp3) is 0.286. The summed E-state index contributed by atoms with van der Waals surface area (Å²) in [4.78, 5) is 14.3. The van der Waals surface area contributed by atoms with E-state index < -0.39 is 0 Å². The first-order valence-electron chi connectivity index (χ1n) is 8.79. The number of hydrogen-bond donors (Lipinski definition) is 1. The lowest BCUT2D eigenvalue weighted by Crippen LogP contribution is -2.22. The molecule has 1 N–H and O–H groups in total. The van der Waals surface area contributed by atoms with Gasteiger partial charge in [0.15, 0.2) is 11.5 Å². The number of fused-ring (bicyclic) bond motifs is 1. The molecule has 0 unspecified atom stereocenters. The van der Waals surface area contributed by atoms with Gasteiger partial charge in [0.1, 0.15) is 13.2 Å². The summed E-state index contributed by atoms with van der Waals surface area (Å²) in [6, 6.07) is 11.7. The lowest BCUT2D eigenvalue weighted by Gasteiger charge is -2.19. The topological polar surface area (TPSA) is 50.8 Å². The number of benzene rings is 2. The fourth-order valence-electron chi connectivity index (χ4n) is 2.87. The van der Waals surface area contributed by atoms with Crippen LogP contribution in [0.15, 0.2) is 42.5 Å². The summed E-state index contributed by atoms with van der Waals surface area (Å²) in [5, 5.41) is 3.40. The highest BCUT2D eigenvalue weighted by atomic mass is 35.5. The molecule has 0 radical (unpaired) electrons. The van der Waals surface area contributed by atoms with Gasteiger partial charge in [0.2, 0.25) is 5.91 Å². The van der Waals surface area contributed by atoms with Gasteiger partial charge in [-0.15, -0.1) is 0 Å².